The van der Waals surface area contributed by atoms with E-state index in [9.17, 15) is 4.79 Å². The van der Waals surface area contributed by atoms with Crippen LogP contribution in [0.4, 0.5) is 0 Å². The Kier molecular flexibility index (Phi) is 8.55. The molecule has 0 spiro atoms. The monoisotopic (exact) mass is 482 g/mol. The Balaban J connectivity index is 1.17. The first-order valence-electron chi connectivity index (χ1n) is 11.9. The van der Waals surface area contributed by atoms with E-state index in [4.69, 9.17) is 20.9 Å². The first-order chi connectivity index (χ1) is 16.6. The molecule has 1 aromatic heterocycles. The number of nitrogens with zero attached hydrogens (tertiary/aromatic N) is 3. The molecule has 8 heteroatoms. The minimum Gasteiger partial charge on any atom is -0.494 e. The number of likely N-dealkylation sites (tertiary alicyclic amines) is 1. The summed E-state index contributed by atoms with van der Waals surface area (Å²) in [5.41, 5.74) is 2.06. The molecule has 7 nitrogen and oxygen atoms in total. The van der Waals surface area contributed by atoms with Crippen molar-refractivity contribution in [1.82, 2.24) is 20.4 Å². The van der Waals surface area contributed by atoms with Crippen molar-refractivity contribution in [3.05, 3.63) is 65.0 Å². The average molecular weight is 483 g/mol. The normalized spacial score (nSPS) is 14.8. The standard InChI is InChI=1S/C26H31ClN4O3/c1-2-33-23-8-4-3-6-19(23)7-5-15-28-26(32)21-13-16-31(17-14-21)18-24-29-25(30-34-24)20-9-11-22(27)12-10-20/h3-4,6,8-12,21H,2,5,7,13-18H2,1H3,(H,28,32). The van der Waals surface area contributed by atoms with Crippen LogP contribution in [0.5, 0.6) is 5.75 Å². The van der Waals surface area contributed by atoms with Crippen LogP contribution in [0.2, 0.25) is 5.02 Å². The molecule has 3 aromatic rings. The highest BCUT2D eigenvalue weighted by atomic mass is 35.5. The van der Waals surface area contributed by atoms with Gasteiger partial charge in [0.2, 0.25) is 17.6 Å². The van der Waals surface area contributed by atoms with E-state index in [0.29, 0.717) is 36.4 Å². The molecular weight excluding hydrogens is 452 g/mol. The Bertz CT molecular complexity index is 1060. The maximum atomic E-state index is 12.6. The minimum absolute atomic E-state index is 0.0549. The van der Waals surface area contributed by atoms with E-state index in [0.717, 1.165) is 50.1 Å². The predicted octanol–water partition coefficient (Wildman–Crippen LogP) is 4.75. The highest BCUT2D eigenvalue weighted by Crippen LogP contribution is 2.22. The highest BCUT2D eigenvalue weighted by Gasteiger charge is 2.25. The number of hydrogen-bond donors (Lipinski definition) is 1. The van der Waals surface area contributed by atoms with Crippen molar-refractivity contribution in [3.63, 3.8) is 0 Å². The largest absolute Gasteiger partial charge is 0.494 e. The van der Waals surface area contributed by atoms with Crippen LogP contribution in [0.15, 0.2) is 53.1 Å². The van der Waals surface area contributed by atoms with Crippen LogP contribution in [-0.2, 0) is 17.8 Å². The molecule has 1 amide bonds. The van der Waals surface area contributed by atoms with Gasteiger partial charge in [-0.15, -0.1) is 0 Å². The van der Waals surface area contributed by atoms with E-state index in [1.54, 1.807) is 0 Å². The third kappa shape index (κ3) is 6.58. The van der Waals surface area contributed by atoms with Crippen molar-refractivity contribution in [2.75, 3.05) is 26.2 Å². The van der Waals surface area contributed by atoms with Gasteiger partial charge in [-0.1, -0.05) is 35.0 Å². The van der Waals surface area contributed by atoms with E-state index in [2.05, 4.69) is 26.4 Å². The topological polar surface area (TPSA) is 80.5 Å². The summed E-state index contributed by atoms with van der Waals surface area (Å²) in [6.07, 6.45) is 3.44. The summed E-state index contributed by atoms with van der Waals surface area (Å²) in [6, 6.07) is 15.5. The summed E-state index contributed by atoms with van der Waals surface area (Å²) >= 11 is 5.94. The molecule has 34 heavy (non-hydrogen) atoms. The summed E-state index contributed by atoms with van der Waals surface area (Å²) in [6.45, 7) is 5.57. The molecule has 180 valence electrons. The Labute approximate surface area is 205 Å². The summed E-state index contributed by atoms with van der Waals surface area (Å²) in [7, 11) is 0. The van der Waals surface area contributed by atoms with Crippen molar-refractivity contribution in [2.45, 2.75) is 39.2 Å². The second kappa shape index (κ2) is 12.0. The molecule has 1 aliphatic rings. The van der Waals surface area contributed by atoms with Crippen molar-refractivity contribution in [1.29, 1.82) is 0 Å². The molecule has 0 unspecified atom stereocenters. The number of piperidine rings is 1. The lowest BCUT2D eigenvalue weighted by molar-refractivity contribution is -0.126. The fourth-order valence-corrected chi connectivity index (χ4v) is 4.35. The Hall–Kier alpha value is -2.90. The molecule has 0 atom stereocenters. The number of carbonyl (C=O) groups is 1. The molecule has 0 aliphatic carbocycles. The zero-order valence-corrected chi connectivity index (χ0v) is 20.3. The lowest BCUT2D eigenvalue weighted by Crippen LogP contribution is -2.40. The first kappa shape index (κ1) is 24.2. The highest BCUT2D eigenvalue weighted by molar-refractivity contribution is 6.30. The van der Waals surface area contributed by atoms with Gasteiger partial charge in [0.1, 0.15) is 5.75 Å². The van der Waals surface area contributed by atoms with Gasteiger partial charge in [0, 0.05) is 23.0 Å². The molecule has 2 aromatic carbocycles. The Morgan fingerprint density at radius 1 is 1.18 bits per heavy atom. The fourth-order valence-electron chi connectivity index (χ4n) is 4.22. The SMILES string of the molecule is CCOc1ccccc1CCCNC(=O)C1CCN(Cc2nc(-c3ccc(Cl)cc3)no2)CC1. The van der Waals surface area contributed by atoms with E-state index in [1.807, 2.05) is 49.4 Å². The number of rotatable bonds is 10. The number of hydrogen-bond acceptors (Lipinski definition) is 6. The number of ether oxygens (including phenoxy) is 1. The Morgan fingerprint density at radius 3 is 2.71 bits per heavy atom. The number of aromatic nitrogens is 2. The minimum atomic E-state index is 0.0549. The zero-order chi connectivity index (χ0) is 23.8. The molecule has 1 fully saturated rings. The van der Waals surface area contributed by atoms with E-state index in [1.165, 1.54) is 5.56 Å². The maximum Gasteiger partial charge on any atom is 0.241 e. The van der Waals surface area contributed by atoms with Gasteiger partial charge >= 0.3 is 0 Å². The number of carbonyl (C=O) groups excluding carboxylic acids is 1. The summed E-state index contributed by atoms with van der Waals surface area (Å²) in [5, 5.41) is 7.86. The third-order valence-corrected chi connectivity index (χ3v) is 6.33. The molecule has 1 saturated heterocycles. The molecule has 0 saturated carbocycles. The third-order valence-electron chi connectivity index (χ3n) is 6.08. The zero-order valence-electron chi connectivity index (χ0n) is 19.5. The van der Waals surface area contributed by atoms with Crippen molar-refractivity contribution in [2.24, 2.45) is 5.92 Å². The van der Waals surface area contributed by atoms with Gasteiger partial charge < -0.3 is 14.6 Å². The first-order valence-corrected chi connectivity index (χ1v) is 12.3. The van der Waals surface area contributed by atoms with Crippen molar-refractivity contribution in [3.8, 4) is 17.1 Å². The van der Waals surface area contributed by atoms with E-state index in [-0.39, 0.29) is 11.8 Å². The van der Waals surface area contributed by atoms with Crippen LogP contribution in [0.3, 0.4) is 0 Å². The van der Waals surface area contributed by atoms with Crippen LogP contribution < -0.4 is 10.1 Å². The van der Waals surface area contributed by atoms with Crippen molar-refractivity contribution < 1.29 is 14.1 Å². The fraction of sp³-hybridized carbons (Fsp3) is 0.423. The van der Waals surface area contributed by atoms with Gasteiger partial charge in [-0.3, -0.25) is 9.69 Å². The molecule has 1 N–H and O–H groups in total. The summed E-state index contributed by atoms with van der Waals surface area (Å²) in [5.74, 6) is 2.29. The molecule has 2 heterocycles. The summed E-state index contributed by atoms with van der Waals surface area (Å²) in [4.78, 5) is 19.4. The number of para-hydroxylation sites is 1. The van der Waals surface area contributed by atoms with Gasteiger partial charge in [0.05, 0.1) is 13.2 Å². The predicted molar refractivity (Wildman–Crippen MR) is 132 cm³/mol. The molecule has 4 rings (SSSR count). The van der Waals surface area contributed by atoms with Crippen LogP contribution in [0, 0.1) is 5.92 Å². The van der Waals surface area contributed by atoms with Crippen LogP contribution in [0.1, 0.15) is 37.6 Å². The smallest absolute Gasteiger partial charge is 0.241 e. The Morgan fingerprint density at radius 2 is 1.94 bits per heavy atom. The van der Waals surface area contributed by atoms with Gasteiger partial charge in [0.15, 0.2) is 0 Å². The average Bonchev–Trinajstić information content (AvgIpc) is 3.32. The number of amides is 1. The maximum absolute atomic E-state index is 12.6. The second-order valence-electron chi connectivity index (χ2n) is 8.50. The van der Waals surface area contributed by atoms with Gasteiger partial charge in [-0.25, -0.2) is 0 Å². The number of halogens is 1. The van der Waals surface area contributed by atoms with E-state index >= 15 is 0 Å². The molecule has 0 bridgehead atoms. The molecular formula is C26H31ClN4O3. The van der Waals surface area contributed by atoms with Crippen LogP contribution in [-0.4, -0.2) is 47.2 Å². The quantitative estimate of drug-likeness (QED) is 0.420. The van der Waals surface area contributed by atoms with Crippen molar-refractivity contribution >= 4 is 17.5 Å². The number of nitrogens with one attached hydrogen (secondary N) is 1. The van der Waals surface area contributed by atoms with E-state index < -0.39 is 0 Å². The van der Waals surface area contributed by atoms with Gasteiger partial charge in [0.25, 0.3) is 0 Å². The van der Waals surface area contributed by atoms with Gasteiger partial charge in [-0.2, -0.15) is 4.98 Å². The molecule has 0 radical (unpaired) electrons. The summed E-state index contributed by atoms with van der Waals surface area (Å²) < 4.78 is 11.1. The van der Waals surface area contributed by atoms with Crippen LogP contribution in [0.25, 0.3) is 11.4 Å². The van der Waals surface area contributed by atoms with Gasteiger partial charge in [-0.05, 0) is 81.6 Å². The number of aryl methyl sites for hydroxylation is 1. The van der Waals surface area contributed by atoms with Crippen LogP contribution >= 0.6 is 11.6 Å². The molecule has 1 aliphatic heterocycles. The lowest BCUT2D eigenvalue weighted by Gasteiger charge is -2.30. The number of benzene rings is 2. The lowest BCUT2D eigenvalue weighted by atomic mass is 9.96. The second-order valence-corrected chi connectivity index (χ2v) is 8.94.